The van der Waals surface area contributed by atoms with Crippen molar-refractivity contribution in [2.24, 2.45) is 5.41 Å². The van der Waals surface area contributed by atoms with Gasteiger partial charge in [0.05, 0.1) is 17.3 Å². The lowest BCUT2D eigenvalue weighted by atomic mass is 9.85. The molecular weight excluding hydrogens is 451 g/mol. The Kier molecular flexibility index (Phi) is 6.73. The first-order valence-electron chi connectivity index (χ1n) is 9.60. The quantitative estimate of drug-likeness (QED) is 0.725. The number of carbonyl (C=O) groups excluding carboxylic acids is 2. The average Bonchev–Trinajstić information content (AvgIpc) is 3.32. The SMILES string of the molecule is O=C(O)C(F)(F)F.O=C(c1cccc(Cl)c1)N1CCC2(CCN(c3cccnc3)C2=O)C1. The van der Waals surface area contributed by atoms with E-state index in [1.165, 1.54) is 0 Å². The molecule has 1 N–H and O–H groups in total. The maximum atomic E-state index is 13.0. The summed E-state index contributed by atoms with van der Waals surface area (Å²) in [5, 5.41) is 7.67. The molecule has 1 aromatic heterocycles. The van der Waals surface area contributed by atoms with Gasteiger partial charge in [0.1, 0.15) is 0 Å². The summed E-state index contributed by atoms with van der Waals surface area (Å²) in [5.41, 5.74) is 0.924. The fourth-order valence-corrected chi connectivity index (χ4v) is 4.00. The summed E-state index contributed by atoms with van der Waals surface area (Å²) in [5.74, 6) is -2.72. The molecule has 11 heteroatoms. The van der Waals surface area contributed by atoms with E-state index >= 15 is 0 Å². The number of nitrogens with zero attached hydrogens (tertiary/aromatic N) is 3. The molecule has 2 fully saturated rings. The molecule has 32 heavy (non-hydrogen) atoms. The van der Waals surface area contributed by atoms with Crippen LogP contribution in [0.5, 0.6) is 0 Å². The zero-order chi connectivity index (χ0) is 23.5. The lowest BCUT2D eigenvalue weighted by molar-refractivity contribution is -0.192. The Bertz CT molecular complexity index is 1020. The van der Waals surface area contributed by atoms with E-state index in [2.05, 4.69) is 4.98 Å². The predicted molar refractivity (Wildman–Crippen MR) is 109 cm³/mol. The van der Waals surface area contributed by atoms with E-state index in [-0.39, 0.29) is 11.8 Å². The van der Waals surface area contributed by atoms with Gasteiger partial charge in [-0.3, -0.25) is 14.6 Å². The number of aromatic nitrogens is 1. The maximum absolute atomic E-state index is 13.0. The van der Waals surface area contributed by atoms with Crippen molar-refractivity contribution in [3.63, 3.8) is 0 Å². The summed E-state index contributed by atoms with van der Waals surface area (Å²) in [6.45, 7) is 1.73. The number of carboxylic acids is 1. The van der Waals surface area contributed by atoms with Gasteiger partial charge in [-0.1, -0.05) is 17.7 Å². The Labute approximate surface area is 186 Å². The Hall–Kier alpha value is -3.14. The molecule has 2 aliphatic heterocycles. The van der Waals surface area contributed by atoms with Gasteiger partial charge in [-0.15, -0.1) is 0 Å². The summed E-state index contributed by atoms with van der Waals surface area (Å²) in [4.78, 5) is 42.3. The number of carbonyl (C=O) groups is 3. The molecule has 0 bridgehead atoms. The third-order valence-electron chi connectivity index (χ3n) is 5.43. The predicted octanol–water partition coefficient (Wildman–Crippen LogP) is 3.64. The summed E-state index contributed by atoms with van der Waals surface area (Å²) < 4.78 is 31.7. The summed E-state index contributed by atoms with van der Waals surface area (Å²) in [7, 11) is 0. The third kappa shape index (κ3) is 5.01. The lowest BCUT2D eigenvalue weighted by Gasteiger charge is -2.23. The number of rotatable bonds is 2. The van der Waals surface area contributed by atoms with Crippen molar-refractivity contribution in [1.82, 2.24) is 9.88 Å². The largest absolute Gasteiger partial charge is 0.490 e. The molecule has 2 aliphatic rings. The van der Waals surface area contributed by atoms with Crippen LogP contribution in [0.3, 0.4) is 0 Å². The molecular formula is C21H19ClF3N3O4. The molecule has 0 radical (unpaired) electrons. The van der Waals surface area contributed by atoms with Crippen molar-refractivity contribution in [3.8, 4) is 0 Å². The number of halogens is 4. The molecule has 1 aromatic carbocycles. The van der Waals surface area contributed by atoms with Crippen molar-refractivity contribution < 1.29 is 32.7 Å². The van der Waals surface area contributed by atoms with Crippen molar-refractivity contribution in [2.45, 2.75) is 19.0 Å². The normalized spacial score (nSPS) is 20.3. The molecule has 7 nitrogen and oxygen atoms in total. The molecule has 1 spiro atoms. The van der Waals surface area contributed by atoms with E-state index in [0.717, 1.165) is 12.1 Å². The zero-order valence-corrected chi connectivity index (χ0v) is 17.4. The van der Waals surface area contributed by atoms with E-state index in [1.54, 1.807) is 46.5 Å². The highest BCUT2D eigenvalue weighted by Crippen LogP contribution is 2.42. The van der Waals surface area contributed by atoms with E-state index in [4.69, 9.17) is 21.5 Å². The number of pyridine rings is 1. The van der Waals surface area contributed by atoms with Gasteiger partial charge in [0.25, 0.3) is 5.91 Å². The molecule has 3 heterocycles. The van der Waals surface area contributed by atoms with E-state index in [0.29, 0.717) is 36.6 Å². The monoisotopic (exact) mass is 469 g/mol. The number of amides is 2. The number of likely N-dealkylation sites (tertiary alicyclic amines) is 1. The zero-order valence-electron chi connectivity index (χ0n) is 16.7. The van der Waals surface area contributed by atoms with Crippen LogP contribution in [-0.2, 0) is 9.59 Å². The number of carboxylic acid groups (broad SMARTS) is 1. The summed E-state index contributed by atoms with van der Waals surface area (Å²) in [6.07, 6.45) is -0.212. The van der Waals surface area contributed by atoms with Crippen LogP contribution in [0.2, 0.25) is 5.02 Å². The van der Waals surface area contributed by atoms with Gasteiger partial charge in [-0.2, -0.15) is 13.2 Å². The van der Waals surface area contributed by atoms with E-state index in [9.17, 15) is 22.8 Å². The highest BCUT2D eigenvalue weighted by Gasteiger charge is 2.52. The summed E-state index contributed by atoms with van der Waals surface area (Å²) >= 11 is 5.99. The van der Waals surface area contributed by atoms with E-state index < -0.39 is 17.6 Å². The Morgan fingerprint density at radius 3 is 2.41 bits per heavy atom. The minimum atomic E-state index is -5.08. The number of benzene rings is 1. The molecule has 2 saturated heterocycles. The van der Waals surface area contributed by atoms with E-state index in [1.807, 2.05) is 12.1 Å². The van der Waals surface area contributed by atoms with Crippen molar-refractivity contribution in [3.05, 3.63) is 59.4 Å². The fraction of sp³-hybridized carbons (Fsp3) is 0.333. The van der Waals surface area contributed by atoms with Gasteiger partial charge in [-0.05, 0) is 43.2 Å². The van der Waals surface area contributed by atoms with Gasteiger partial charge in [0.2, 0.25) is 5.91 Å². The fourth-order valence-electron chi connectivity index (χ4n) is 3.81. The van der Waals surface area contributed by atoms with Crippen LogP contribution in [0.25, 0.3) is 0 Å². The van der Waals surface area contributed by atoms with Gasteiger partial charge in [-0.25, -0.2) is 4.79 Å². The van der Waals surface area contributed by atoms with Crippen molar-refractivity contribution >= 4 is 35.1 Å². The molecule has 2 amide bonds. The van der Waals surface area contributed by atoms with Crippen LogP contribution < -0.4 is 4.90 Å². The maximum Gasteiger partial charge on any atom is 0.490 e. The second kappa shape index (κ2) is 9.15. The van der Waals surface area contributed by atoms with Crippen LogP contribution in [0.1, 0.15) is 23.2 Å². The standard InChI is InChI=1S/C19H18ClN3O2.C2HF3O2/c20-15-4-1-3-14(11-15)17(24)22-9-6-19(13-22)7-10-23(18(19)25)16-5-2-8-21-12-16;3-2(4,5)1(6)7/h1-5,8,11-12H,6-7,9-10,13H2;(H,6,7). The third-order valence-corrected chi connectivity index (χ3v) is 5.66. The highest BCUT2D eigenvalue weighted by atomic mass is 35.5. The van der Waals surface area contributed by atoms with Gasteiger partial charge in [0.15, 0.2) is 0 Å². The minimum absolute atomic E-state index is 0.0630. The average molecular weight is 470 g/mol. The number of hydrogen-bond acceptors (Lipinski definition) is 4. The minimum Gasteiger partial charge on any atom is -0.475 e. The Morgan fingerprint density at radius 2 is 1.81 bits per heavy atom. The smallest absolute Gasteiger partial charge is 0.475 e. The first-order valence-corrected chi connectivity index (χ1v) is 9.98. The molecule has 0 saturated carbocycles. The second-order valence-electron chi connectivity index (χ2n) is 7.49. The van der Waals surface area contributed by atoms with Crippen molar-refractivity contribution in [2.75, 3.05) is 24.5 Å². The number of hydrogen-bond donors (Lipinski definition) is 1. The molecule has 1 unspecified atom stereocenters. The van der Waals surface area contributed by atoms with Crippen LogP contribution >= 0.6 is 11.6 Å². The topological polar surface area (TPSA) is 90.8 Å². The molecule has 1 atom stereocenters. The van der Waals surface area contributed by atoms with Crippen molar-refractivity contribution in [1.29, 1.82) is 0 Å². The number of alkyl halides is 3. The molecule has 0 aliphatic carbocycles. The Morgan fingerprint density at radius 1 is 1.12 bits per heavy atom. The lowest BCUT2D eigenvalue weighted by Crippen LogP contribution is -2.38. The van der Waals surface area contributed by atoms with Crippen LogP contribution in [0, 0.1) is 5.41 Å². The number of anilines is 1. The van der Waals surface area contributed by atoms with Gasteiger partial charge in [0, 0.05) is 36.4 Å². The highest BCUT2D eigenvalue weighted by molar-refractivity contribution is 6.31. The molecule has 2 aromatic rings. The van der Waals surface area contributed by atoms with Crippen LogP contribution in [-0.4, -0.2) is 58.6 Å². The Balaban J connectivity index is 0.000000360. The first-order chi connectivity index (χ1) is 15.0. The summed E-state index contributed by atoms with van der Waals surface area (Å²) in [6, 6.07) is 10.7. The van der Waals surface area contributed by atoms with Gasteiger partial charge >= 0.3 is 12.1 Å². The van der Waals surface area contributed by atoms with Crippen LogP contribution in [0.4, 0.5) is 18.9 Å². The van der Waals surface area contributed by atoms with Crippen LogP contribution in [0.15, 0.2) is 48.8 Å². The first kappa shape index (κ1) is 23.5. The van der Waals surface area contributed by atoms with Gasteiger partial charge < -0.3 is 14.9 Å². The second-order valence-corrected chi connectivity index (χ2v) is 7.92. The molecule has 4 rings (SSSR count). The number of aliphatic carboxylic acids is 1. The molecule has 170 valence electrons.